The van der Waals surface area contributed by atoms with Gasteiger partial charge in [0.25, 0.3) is 0 Å². The molecule has 9 rings (SSSR count). The van der Waals surface area contributed by atoms with Crippen molar-refractivity contribution in [3.8, 4) is 0 Å². The van der Waals surface area contributed by atoms with Crippen molar-refractivity contribution < 1.29 is 66.4 Å². The third-order valence-electron chi connectivity index (χ3n) is 14.2. The van der Waals surface area contributed by atoms with E-state index in [4.69, 9.17) is 61.6 Å². The molecular formula is C65H74O14. The van der Waals surface area contributed by atoms with E-state index in [0.717, 1.165) is 33.4 Å². The lowest BCUT2D eigenvalue weighted by atomic mass is 9.95. The fourth-order valence-corrected chi connectivity index (χ4v) is 10.2. The van der Waals surface area contributed by atoms with Crippen molar-refractivity contribution in [2.24, 2.45) is 0 Å². The van der Waals surface area contributed by atoms with Gasteiger partial charge in [-0.1, -0.05) is 188 Å². The maximum Gasteiger partial charge on any atom is 0.303 e. The van der Waals surface area contributed by atoms with E-state index in [-0.39, 0.29) is 46.2 Å². The zero-order valence-corrected chi connectivity index (χ0v) is 45.4. The van der Waals surface area contributed by atoms with E-state index in [2.05, 4.69) is 6.58 Å². The predicted octanol–water partition coefficient (Wildman–Crippen LogP) is 10.6. The fraction of sp³-hybridized carbons (Fsp3) is 0.400. The molecule has 79 heavy (non-hydrogen) atoms. The van der Waals surface area contributed by atoms with Gasteiger partial charge in [0.15, 0.2) is 25.0 Å². The molecule has 3 fully saturated rings. The number of carbonyl (C=O) groups is 1. The summed E-state index contributed by atoms with van der Waals surface area (Å²) in [4.78, 5) is 13.4. The normalized spacial score (nSPS) is 28.9. The molecule has 3 aliphatic heterocycles. The number of rotatable bonds is 26. The number of ether oxygens (including phenoxy) is 13. The summed E-state index contributed by atoms with van der Waals surface area (Å²) >= 11 is 0. The standard InChI is InChI=1S/C65H74O14/c1-6-37-67-63-60(57(71-41-51-31-19-10-20-32-51)54(44(2)74-63)68-38-48-25-13-7-14-26-48)78-65-62(59(73-43-53-35-23-12-24-36-53)56(46(4)76-65)70-40-50-29-17-9-18-30-50)79-64-61(77-47(5)66)58(72-42-52-33-21-11-22-34-52)55(45(3)75-64)69-39-49-27-15-8-16-28-49/h6-36,44-46,54-65H,1,37-43H2,2-5H3/t44-,45-,46-,54-,55-,56-,57+,58+,59+,60+,61+,62+,63+,64-,65-/m0/s1. The van der Waals surface area contributed by atoms with Crippen LogP contribution in [0.15, 0.2) is 195 Å². The van der Waals surface area contributed by atoms with Gasteiger partial charge in [0, 0.05) is 6.92 Å². The molecule has 6 aromatic carbocycles. The second-order valence-corrected chi connectivity index (χ2v) is 20.1. The van der Waals surface area contributed by atoms with Gasteiger partial charge in [0.1, 0.15) is 48.8 Å². The van der Waals surface area contributed by atoms with Crippen LogP contribution in [-0.4, -0.2) is 105 Å². The van der Waals surface area contributed by atoms with Crippen LogP contribution in [0.1, 0.15) is 61.1 Å². The molecule has 0 saturated carbocycles. The lowest BCUT2D eigenvalue weighted by Crippen LogP contribution is -2.67. The topological polar surface area (TPSA) is 137 Å². The lowest BCUT2D eigenvalue weighted by molar-refractivity contribution is -0.398. The number of hydrogen-bond donors (Lipinski definition) is 0. The highest BCUT2D eigenvalue weighted by molar-refractivity contribution is 5.66. The highest BCUT2D eigenvalue weighted by atomic mass is 16.8. The van der Waals surface area contributed by atoms with E-state index in [0.29, 0.717) is 0 Å². The molecule has 14 heteroatoms. The molecule has 14 nitrogen and oxygen atoms in total. The number of benzene rings is 6. The van der Waals surface area contributed by atoms with E-state index >= 15 is 0 Å². The molecule has 0 N–H and O–H groups in total. The van der Waals surface area contributed by atoms with Gasteiger partial charge in [-0.05, 0) is 54.2 Å². The Morgan fingerprint density at radius 3 is 0.911 bits per heavy atom. The monoisotopic (exact) mass is 1080 g/mol. The first-order valence-corrected chi connectivity index (χ1v) is 27.3. The molecule has 0 aliphatic carbocycles. The maximum atomic E-state index is 13.4. The van der Waals surface area contributed by atoms with Gasteiger partial charge in [-0.2, -0.15) is 0 Å². The highest BCUT2D eigenvalue weighted by Crippen LogP contribution is 2.39. The Balaban J connectivity index is 1.12. The smallest absolute Gasteiger partial charge is 0.303 e. The average Bonchev–Trinajstić information content (AvgIpc) is 3.53. The maximum absolute atomic E-state index is 13.4. The summed E-state index contributed by atoms with van der Waals surface area (Å²) in [6.07, 6.45) is -11.9. The van der Waals surface area contributed by atoms with Crippen molar-refractivity contribution in [1.29, 1.82) is 0 Å². The molecule has 3 saturated heterocycles. The largest absolute Gasteiger partial charge is 0.454 e. The summed E-state index contributed by atoms with van der Waals surface area (Å²) in [6.45, 7) is 12.5. The van der Waals surface area contributed by atoms with Crippen LogP contribution in [0.5, 0.6) is 0 Å². The Labute approximate surface area is 464 Å². The van der Waals surface area contributed by atoms with Gasteiger partial charge in [-0.3, -0.25) is 4.79 Å². The van der Waals surface area contributed by atoms with E-state index in [1.165, 1.54) is 6.92 Å². The van der Waals surface area contributed by atoms with Crippen LogP contribution in [0.2, 0.25) is 0 Å². The third-order valence-corrected chi connectivity index (χ3v) is 14.2. The molecule has 15 atom stereocenters. The Hall–Kier alpha value is -5.95. The average molecular weight is 1080 g/mol. The zero-order valence-electron chi connectivity index (χ0n) is 45.4. The van der Waals surface area contributed by atoms with Crippen LogP contribution in [0.3, 0.4) is 0 Å². The molecule has 0 aromatic heterocycles. The molecule has 0 amide bonds. The highest BCUT2D eigenvalue weighted by Gasteiger charge is 2.56. The first-order chi connectivity index (χ1) is 38.7. The van der Waals surface area contributed by atoms with Gasteiger partial charge in [-0.15, -0.1) is 6.58 Å². The summed E-state index contributed by atoms with van der Waals surface area (Å²) in [7, 11) is 0. The fourth-order valence-electron chi connectivity index (χ4n) is 10.2. The Bertz CT molecular complexity index is 2690. The minimum Gasteiger partial charge on any atom is -0.454 e. The number of carbonyl (C=O) groups excluding carboxylic acids is 1. The molecule has 3 aliphatic rings. The van der Waals surface area contributed by atoms with Crippen LogP contribution in [-0.2, 0) is 106 Å². The molecule has 0 unspecified atom stereocenters. The first kappa shape index (κ1) is 57.7. The zero-order chi connectivity index (χ0) is 54.8. The van der Waals surface area contributed by atoms with Gasteiger partial charge in [0.2, 0.25) is 0 Å². The van der Waals surface area contributed by atoms with Crippen LogP contribution in [0.4, 0.5) is 0 Å². The Kier molecular flexibility index (Phi) is 21.6. The molecule has 6 aromatic rings. The van der Waals surface area contributed by atoms with Gasteiger partial charge in [-0.25, -0.2) is 0 Å². The molecule has 0 spiro atoms. The molecular weight excluding hydrogens is 1000 g/mol. The van der Waals surface area contributed by atoms with Crippen molar-refractivity contribution in [3.05, 3.63) is 228 Å². The number of hydrogen-bond acceptors (Lipinski definition) is 14. The van der Waals surface area contributed by atoms with Crippen molar-refractivity contribution in [1.82, 2.24) is 0 Å². The Morgan fingerprint density at radius 2 is 0.620 bits per heavy atom. The van der Waals surface area contributed by atoms with Crippen molar-refractivity contribution in [2.75, 3.05) is 6.61 Å². The molecule has 418 valence electrons. The van der Waals surface area contributed by atoms with Crippen molar-refractivity contribution in [2.45, 2.75) is 159 Å². The summed E-state index contributed by atoms with van der Waals surface area (Å²) in [5.74, 6) is -0.579. The van der Waals surface area contributed by atoms with Gasteiger partial charge < -0.3 is 61.6 Å². The SMILES string of the molecule is C=CCO[C@@H]1O[C@@H](C)[C@H](OCc2ccccc2)[C@@H](OCc2ccccc2)[C@H]1O[C@@H]1O[C@@H](C)[C@H](OCc2ccccc2)[C@@H](OCc2ccccc2)[C@H]1O[C@@H]1O[C@@H](C)[C@H](OCc2ccccc2)[C@@H](OCc2ccccc2)[C@H]1OC(C)=O. The van der Waals surface area contributed by atoms with Gasteiger partial charge >= 0.3 is 5.97 Å². The first-order valence-electron chi connectivity index (χ1n) is 27.3. The third kappa shape index (κ3) is 16.1. The van der Waals surface area contributed by atoms with E-state index < -0.39 is 98.1 Å². The van der Waals surface area contributed by atoms with Crippen molar-refractivity contribution >= 4 is 5.97 Å². The van der Waals surface area contributed by atoms with Gasteiger partial charge in [0.05, 0.1) is 64.6 Å². The van der Waals surface area contributed by atoms with Crippen LogP contribution < -0.4 is 0 Å². The van der Waals surface area contributed by atoms with Crippen LogP contribution in [0, 0.1) is 0 Å². The van der Waals surface area contributed by atoms with E-state index in [1.807, 2.05) is 203 Å². The van der Waals surface area contributed by atoms with E-state index in [9.17, 15) is 4.79 Å². The molecule has 3 heterocycles. The van der Waals surface area contributed by atoms with Crippen LogP contribution >= 0.6 is 0 Å². The van der Waals surface area contributed by atoms with E-state index in [1.54, 1.807) is 6.08 Å². The van der Waals surface area contributed by atoms with Crippen molar-refractivity contribution in [3.63, 3.8) is 0 Å². The summed E-state index contributed by atoms with van der Waals surface area (Å²) in [5.41, 5.74) is 5.63. The molecule has 0 bridgehead atoms. The second-order valence-electron chi connectivity index (χ2n) is 20.1. The summed E-state index contributed by atoms with van der Waals surface area (Å²) in [5, 5.41) is 0. The summed E-state index contributed by atoms with van der Waals surface area (Å²) in [6, 6.07) is 59.2. The lowest BCUT2D eigenvalue weighted by Gasteiger charge is -2.51. The van der Waals surface area contributed by atoms with Crippen LogP contribution in [0.25, 0.3) is 0 Å². The Morgan fingerprint density at radius 1 is 0.367 bits per heavy atom. The minimum atomic E-state index is -1.30. The second kappa shape index (κ2) is 29.5. The minimum absolute atomic E-state index is 0.133. The summed E-state index contributed by atoms with van der Waals surface area (Å²) < 4.78 is 89.5. The quantitative estimate of drug-likeness (QED) is 0.0376. The predicted molar refractivity (Wildman–Crippen MR) is 295 cm³/mol. The molecule has 0 radical (unpaired) electrons. The number of esters is 1.